The van der Waals surface area contributed by atoms with Gasteiger partial charge in [0.25, 0.3) is 5.91 Å². The molecule has 3 amide bonds. The first-order valence-corrected chi connectivity index (χ1v) is 10.6. The Morgan fingerprint density at radius 2 is 2.21 bits per heavy atom. The van der Waals surface area contributed by atoms with Crippen LogP contribution >= 0.6 is 0 Å². The molecule has 4 rings (SSSR count). The number of hydrogen-bond acceptors (Lipinski definition) is 5. The predicted molar refractivity (Wildman–Crippen MR) is 118 cm³/mol. The van der Waals surface area contributed by atoms with Crippen molar-refractivity contribution in [3.8, 4) is 6.07 Å². The molecule has 3 heterocycles. The SMILES string of the molecule is C=CC(O)[C@@H]1CN(C)C(=O)c2c3c(nn2C1)C[C@@H](C)N(C(=O)Nc1ccc(F)c(C#N)c1)C3. The topological polar surface area (TPSA) is 114 Å². The molecule has 172 valence electrons. The van der Waals surface area contributed by atoms with Crippen molar-refractivity contribution in [3.05, 3.63) is 59.2 Å². The highest BCUT2D eigenvalue weighted by Crippen LogP contribution is 2.30. The smallest absolute Gasteiger partial charge is 0.322 e. The Morgan fingerprint density at radius 3 is 2.91 bits per heavy atom. The van der Waals surface area contributed by atoms with Gasteiger partial charge < -0.3 is 20.2 Å². The van der Waals surface area contributed by atoms with E-state index in [1.165, 1.54) is 18.2 Å². The number of carbonyl (C=O) groups excluding carboxylic acids is 2. The lowest BCUT2D eigenvalue weighted by molar-refractivity contribution is 0.0724. The number of fused-ring (bicyclic) bond motifs is 3. The number of nitrogens with zero attached hydrogens (tertiary/aromatic N) is 5. The Balaban J connectivity index is 1.62. The highest BCUT2D eigenvalue weighted by molar-refractivity contribution is 5.95. The fourth-order valence-electron chi connectivity index (χ4n) is 4.43. The van der Waals surface area contributed by atoms with Gasteiger partial charge in [0, 0.05) is 49.8 Å². The number of rotatable bonds is 3. The molecule has 0 aliphatic carbocycles. The number of nitriles is 1. The number of urea groups is 1. The van der Waals surface area contributed by atoms with E-state index in [2.05, 4.69) is 17.0 Å². The number of aliphatic hydroxyl groups is 1. The number of benzene rings is 1. The fraction of sp³-hybridized carbons (Fsp3) is 0.391. The number of carbonyl (C=O) groups is 2. The van der Waals surface area contributed by atoms with Gasteiger partial charge in [-0.25, -0.2) is 9.18 Å². The summed E-state index contributed by atoms with van der Waals surface area (Å²) in [6.45, 7) is 6.43. The van der Waals surface area contributed by atoms with Crippen LogP contribution in [-0.4, -0.2) is 62.4 Å². The molecule has 3 atom stereocenters. The average Bonchev–Trinajstić information content (AvgIpc) is 3.08. The molecule has 0 spiro atoms. The Bertz CT molecular complexity index is 1170. The van der Waals surface area contributed by atoms with Gasteiger partial charge in [-0.15, -0.1) is 6.58 Å². The molecule has 0 saturated heterocycles. The third-order valence-corrected chi connectivity index (χ3v) is 6.27. The van der Waals surface area contributed by atoms with Crippen LogP contribution in [0.5, 0.6) is 0 Å². The van der Waals surface area contributed by atoms with E-state index in [1.54, 1.807) is 27.6 Å². The van der Waals surface area contributed by atoms with E-state index >= 15 is 0 Å². The van der Waals surface area contributed by atoms with Gasteiger partial charge in [-0.3, -0.25) is 9.48 Å². The number of hydrogen-bond donors (Lipinski definition) is 2. The summed E-state index contributed by atoms with van der Waals surface area (Å²) in [5, 5.41) is 26.7. The van der Waals surface area contributed by atoms with E-state index in [0.29, 0.717) is 36.5 Å². The van der Waals surface area contributed by atoms with E-state index in [4.69, 9.17) is 5.26 Å². The summed E-state index contributed by atoms with van der Waals surface area (Å²) in [6, 6.07) is 4.94. The van der Waals surface area contributed by atoms with Crippen LogP contribution in [0.2, 0.25) is 0 Å². The van der Waals surface area contributed by atoms with Gasteiger partial charge in [0.05, 0.1) is 23.9 Å². The summed E-state index contributed by atoms with van der Waals surface area (Å²) in [7, 11) is 1.68. The predicted octanol–water partition coefficient (Wildman–Crippen LogP) is 2.12. The molecule has 2 N–H and O–H groups in total. The molecule has 2 aromatic rings. The Kier molecular flexibility index (Phi) is 5.91. The highest BCUT2D eigenvalue weighted by atomic mass is 19.1. The first kappa shape index (κ1) is 22.5. The number of aliphatic hydroxyl groups excluding tert-OH is 1. The molecule has 1 unspecified atom stereocenters. The van der Waals surface area contributed by atoms with Gasteiger partial charge in [0.1, 0.15) is 17.6 Å². The lowest BCUT2D eigenvalue weighted by Crippen LogP contribution is -2.45. The molecule has 2 aliphatic rings. The zero-order valence-electron chi connectivity index (χ0n) is 18.5. The maximum Gasteiger partial charge on any atom is 0.322 e. The normalized spacial score (nSPS) is 20.9. The standard InChI is InChI=1S/C23H25FN6O3/c1-4-20(31)15-10-28(3)22(32)21-17-12-29(13(2)7-19(17)27-30(21)11-15)23(33)26-16-5-6-18(24)14(8-16)9-25/h4-6,8,13,15,20,31H,1,7,10-12H2,2-3H3,(H,26,33)/t13-,15-,20?/m1/s1. The summed E-state index contributed by atoms with van der Waals surface area (Å²) in [5.41, 5.74) is 2.01. The molecule has 2 aliphatic heterocycles. The summed E-state index contributed by atoms with van der Waals surface area (Å²) in [5.74, 6) is -1.12. The zero-order valence-corrected chi connectivity index (χ0v) is 18.5. The summed E-state index contributed by atoms with van der Waals surface area (Å²) < 4.78 is 15.2. The molecule has 0 saturated carbocycles. The molecular weight excluding hydrogens is 427 g/mol. The minimum Gasteiger partial charge on any atom is -0.389 e. The van der Waals surface area contributed by atoms with E-state index in [1.807, 2.05) is 6.92 Å². The quantitative estimate of drug-likeness (QED) is 0.693. The molecule has 9 nitrogen and oxygen atoms in total. The van der Waals surface area contributed by atoms with Gasteiger partial charge >= 0.3 is 6.03 Å². The molecular formula is C23H25FN6O3. The number of halogens is 1. The van der Waals surface area contributed by atoms with Crippen LogP contribution in [0.4, 0.5) is 14.9 Å². The number of aromatic nitrogens is 2. The van der Waals surface area contributed by atoms with Crippen molar-refractivity contribution in [1.82, 2.24) is 19.6 Å². The van der Waals surface area contributed by atoms with E-state index < -0.39 is 18.0 Å². The Hall–Kier alpha value is -3.71. The first-order valence-electron chi connectivity index (χ1n) is 10.6. The van der Waals surface area contributed by atoms with Crippen molar-refractivity contribution in [3.63, 3.8) is 0 Å². The summed E-state index contributed by atoms with van der Waals surface area (Å²) in [4.78, 5) is 29.3. The monoisotopic (exact) mass is 452 g/mol. The van der Waals surface area contributed by atoms with Crippen molar-refractivity contribution < 1.29 is 19.1 Å². The first-order chi connectivity index (χ1) is 15.7. The average molecular weight is 452 g/mol. The lowest BCUT2D eigenvalue weighted by Gasteiger charge is -2.33. The summed E-state index contributed by atoms with van der Waals surface area (Å²) >= 11 is 0. The number of anilines is 1. The maximum atomic E-state index is 13.6. The van der Waals surface area contributed by atoms with Gasteiger partial charge in [0.2, 0.25) is 0 Å². The number of amides is 3. The van der Waals surface area contributed by atoms with E-state index in [-0.39, 0.29) is 30.0 Å². The second-order valence-electron chi connectivity index (χ2n) is 8.55. The van der Waals surface area contributed by atoms with Crippen molar-refractivity contribution in [2.75, 3.05) is 18.9 Å². The van der Waals surface area contributed by atoms with Crippen molar-refractivity contribution in [2.45, 2.75) is 38.6 Å². The third-order valence-electron chi connectivity index (χ3n) is 6.27. The minimum absolute atomic E-state index is 0.159. The van der Waals surface area contributed by atoms with Crippen molar-refractivity contribution in [1.29, 1.82) is 5.26 Å². The van der Waals surface area contributed by atoms with Gasteiger partial charge in [-0.05, 0) is 25.1 Å². The van der Waals surface area contributed by atoms with Crippen molar-refractivity contribution in [2.24, 2.45) is 5.92 Å². The maximum absolute atomic E-state index is 13.6. The zero-order chi connectivity index (χ0) is 23.9. The molecule has 33 heavy (non-hydrogen) atoms. The molecule has 0 bridgehead atoms. The van der Waals surface area contributed by atoms with Crippen LogP contribution in [-0.2, 0) is 19.5 Å². The van der Waals surface area contributed by atoms with Crippen LogP contribution < -0.4 is 5.32 Å². The van der Waals surface area contributed by atoms with E-state index in [0.717, 1.165) is 11.8 Å². The van der Waals surface area contributed by atoms with Gasteiger partial charge in [0.15, 0.2) is 0 Å². The van der Waals surface area contributed by atoms with Crippen LogP contribution in [0.1, 0.15) is 34.2 Å². The molecule has 10 heteroatoms. The second kappa shape index (κ2) is 8.67. The Morgan fingerprint density at radius 1 is 1.45 bits per heavy atom. The van der Waals surface area contributed by atoms with Gasteiger partial charge in [-0.1, -0.05) is 6.08 Å². The fourth-order valence-corrected chi connectivity index (χ4v) is 4.43. The van der Waals surface area contributed by atoms with Gasteiger partial charge in [-0.2, -0.15) is 10.4 Å². The molecule has 1 aromatic carbocycles. The molecule has 1 aromatic heterocycles. The lowest BCUT2D eigenvalue weighted by atomic mass is 9.99. The van der Waals surface area contributed by atoms with Crippen molar-refractivity contribution >= 4 is 17.6 Å². The van der Waals surface area contributed by atoms with E-state index in [9.17, 15) is 19.1 Å². The van der Waals surface area contributed by atoms with Crippen LogP contribution in [0.3, 0.4) is 0 Å². The highest BCUT2D eigenvalue weighted by Gasteiger charge is 2.37. The second-order valence-corrected chi connectivity index (χ2v) is 8.55. The number of nitrogens with one attached hydrogen (secondary N) is 1. The molecule has 0 fully saturated rings. The van der Waals surface area contributed by atoms with Crippen LogP contribution in [0.25, 0.3) is 0 Å². The molecule has 0 radical (unpaired) electrons. The Labute approximate surface area is 190 Å². The van der Waals surface area contributed by atoms with Crippen LogP contribution in [0, 0.1) is 23.1 Å². The third kappa shape index (κ3) is 4.07. The minimum atomic E-state index is -0.775. The van der Waals surface area contributed by atoms with Crippen LogP contribution in [0.15, 0.2) is 30.9 Å². The largest absolute Gasteiger partial charge is 0.389 e. The summed E-state index contributed by atoms with van der Waals surface area (Å²) in [6.07, 6.45) is 1.14.